The molecule has 2 aromatic carbocycles. The first kappa shape index (κ1) is 18.9. The predicted octanol–water partition coefficient (Wildman–Crippen LogP) is 6.13. The lowest BCUT2D eigenvalue weighted by atomic mass is 9.99. The fraction of sp³-hybridized carbons (Fsp3) is 0.292. The van der Waals surface area contributed by atoms with Crippen LogP contribution >= 0.6 is 0 Å². The third kappa shape index (κ3) is 6.54. The molecule has 0 aliphatic rings. The van der Waals surface area contributed by atoms with Crippen molar-refractivity contribution in [3.8, 4) is 0 Å². The second-order valence-corrected chi connectivity index (χ2v) is 6.48. The number of rotatable bonds is 11. The molecule has 0 radical (unpaired) electrons. The fourth-order valence-electron chi connectivity index (χ4n) is 2.87. The van der Waals surface area contributed by atoms with Crippen molar-refractivity contribution in [2.75, 3.05) is 0 Å². The smallest absolute Gasteiger partial charge is 0.167 e. The van der Waals surface area contributed by atoms with Gasteiger partial charge in [-0.1, -0.05) is 60.7 Å². The van der Waals surface area contributed by atoms with Crippen LogP contribution in [0.1, 0.15) is 52.7 Å². The Morgan fingerprint density at radius 2 is 1.16 bits per heavy atom. The molecule has 0 aliphatic carbocycles. The number of aryl methyl sites for hydroxylation is 2. The Labute approximate surface area is 152 Å². The number of allylic oxidation sites excluding steroid dienone is 2. The van der Waals surface area contributed by atoms with E-state index in [9.17, 15) is 4.79 Å². The van der Waals surface area contributed by atoms with Crippen molar-refractivity contribution in [1.29, 1.82) is 0 Å². The second kappa shape index (κ2) is 10.5. The van der Waals surface area contributed by atoms with Gasteiger partial charge >= 0.3 is 0 Å². The molecule has 0 saturated heterocycles. The average Bonchev–Trinajstić information content (AvgIpc) is 2.64. The van der Waals surface area contributed by atoms with Gasteiger partial charge in [0, 0.05) is 12.0 Å². The predicted molar refractivity (Wildman–Crippen MR) is 107 cm³/mol. The van der Waals surface area contributed by atoms with Gasteiger partial charge in [-0.15, -0.1) is 13.2 Å². The maximum Gasteiger partial charge on any atom is 0.167 e. The number of benzene rings is 2. The Kier molecular flexibility index (Phi) is 7.91. The monoisotopic (exact) mass is 332 g/mol. The minimum absolute atomic E-state index is 0.178. The van der Waals surface area contributed by atoms with E-state index >= 15 is 0 Å². The molecule has 0 N–H and O–H groups in total. The van der Waals surface area contributed by atoms with Gasteiger partial charge in [0.1, 0.15) is 0 Å². The first-order chi connectivity index (χ1) is 12.2. The van der Waals surface area contributed by atoms with Gasteiger partial charge in [0.25, 0.3) is 0 Å². The molecule has 0 fully saturated rings. The van der Waals surface area contributed by atoms with Crippen molar-refractivity contribution in [3.63, 3.8) is 0 Å². The molecule has 0 unspecified atom stereocenters. The van der Waals surface area contributed by atoms with E-state index < -0.39 is 0 Å². The van der Waals surface area contributed by atoms with Gasteiger partial charge in [0.2, 0.25) is 0 Å². The van der Waals surface area contributed by atoms with Gasteiger partial charge in [-0.2, -0.15) is 0 Å². The molecule has 0 aromatic heterocycles. The molecule has 2 rings (SSSR count). The summed E-state index contributed by atoms with van der Waals surface area (Å²) in [5.41, 5.74) is 4.47. The number of unbranched alkanes of at least 4 members (excludes halogenated alkanes) is 2. The van der Waals surface area contributed by atoms with Crippen molar-refractivity contribution in [2.45, 2.75) is 44.9 Å². The minimum Gasteiger partial charge on any atom is -0.294 e. The average molecular weight is 332 g/mol. The van der Waals surface area contributed by atoms with Gasteiger partial charge in [-0.25, -0.2) is 0 Å². The van der Waals surface area contributed by atoms with E-state index in [1.54, 1.807) is 0 Å². The lowest BCUT2D eigenvalue weighted by Gasteiger charge is -2.05. The molecule has 25 heavy (non-hydrogen) atoms. The normalized spacial score (nSPS) is 10.4. The molecule has 0 aliphatic heterocycles. The van der Waals surface area contributed by atoms with Crippen LogP contribution in [0.25, 0.3) is 0 Å². The number of carbonyl (C=O) groups is 1. The summed E-state index contributed by atoms with van der Waals surface area (Å²) in [6, 6.07) is 16.5. The molecular weight excluding hydrogens is 304 g/mol. The fourth-order valence-corrected chi connectivity index (χ4v) is 2.87. The molecule has 0 spiro atoms. The molecule has 0 saturated carbocycles. The van der Waals surface area contributed by atoms with Crippen LogP contribution in [0.4, 0.5) is 0 Å². The zero-order valence-electron chi connectivity index (χ0n) is 15.0. The lowest BCUT2D eigenvalue weighted by molar-refractivity contribution is 0.0993. The quantitative estimate of drug-likeness (QED) is 0.275. The van der Waals surface area contributed by atoms with Crippen molar-refractivity contribution >= 4 is 5.78 Å². The van der Waals surface area contributed by atoms with Crippen LogP contribution in [0.15, 0.2) is 73.8 Å². The summed E-state index contributed by atoms with van der Waals surface area (Å²) in [5.74, 6) is 0.178. The largest absolute Gasteiger partial charge is 0.294 e. The van der Waals surface area contributed by atoms with Crippen LogP contribution in [0.3, 0.4) is 0 Å². The summed E-state index contributed by atoms with van der Waals surface area (Å²) < 4.78 is 0. The van der Waals surface area contributed by atoms with E-state index in [1.165, 1.54) is 11.1 Å². The zero-order valence-corrected chi connectivity index (χ0v) is 15.0. The van der Waals surface area contributed by atoms with Gasteiger partial charge in [0.15, 0.2) is 5.78 Å². The molecule has 2 aromatic rings. The minimum atomic E-state index is 0.178. The maximum atomic E-state index is 12.5. The third-order valence-electron chi connectivity index (χ3n) is 4.41. The molecule has 0 heterocycles. The SMILES string of the molecule is C=CCCCc1ccc(CC(=O)c2ccc(CCCC=C)cc2)cc1. The van der Waals surface area contributed by atoms with E-state index in [0.29, 0.717) is 6.42 Å². The highest BCUT2D eigenvalue weighted by Gasteiger charge is 2.07. The zero-order chi connectivity index (χ0) is 17.9. The number of hydrogen-bond acceptors (Lipinski definition) is 1. The highest BCUT2D eigenvalue weighted by Crippen LogP contribution is 2.13. The number of hydrogen-bond donors (Lipinski definition) is 0. The first-order valence-corrected chi connectivity index (χ1v) is 9.14. The standard InChI is InChI=1S/C24H28O/c1-3-5-7-9-20-11-13-22(14-12-20)19-24(25)23-17-15-21(16-18-23)10-8-6-4-2/h3-4,11-18H,1-2,5-10,19H2. The summed E-state index contributed by atoms with van der Waals surface area (Å²) in [6.07, 6.45) is 10.8. The maximum absolute atomic E-state index is 12.5. The molecule has 1 heteroatoms. The van der Waals surface area contributed by atoms with Crippen molar-refractivity contribution in [1.82, 2.24) is 0 Å². The van der Waals surface area contributed by atoms with Gasteiger partial charge in [-0.05, 0) is 55.2 Å². The molecular formula is C24H28O. The summed E-state index contributed by atoms with van der Waals surface area (Å²) in [5, 5.41) is 0. The Morgan fingerprint density at radius 3 is 1.64 bits per heavy atom. The lowest BCUT2D eigenvalue weighted by Crippen LogP contribution is -2.03. The summed E-state index contributed by atoms with van der Waals surface area (Å²) in [6.45, 7) is 7.49. The van der Waals surface area contributed by atoms with E-state index in [-0.39, 0.29) is 5.78 Å². The van der Waals surface area contributed by atoms with E-state index in [0.717, 1.165) is 49.7 Å². The molecule has 130 valence electrons. The Morgan fingerprint density at radius 1 is 0.720 bits per heavy atom. The molecule has 0 amide bonds. The van der Waals surface area contributed by atoms with Crippen LogP contribution in [0.2, 0.25) is 0 Å². The number of Topliss-reactive ketones (excluding diaryl/α,β-unsaturated/α-hetero) is 1. The Bertz CT molecular complexity index is 677. The summed E-state index contributed by atoms with van der Waals surface area (Å²) >= 11 is 0. The van der Waals surface area contributed by atoms with Crippen molar-refractivity contribution in [3.05, 3.63) is 96.1 Å². The van der Waals surface area contributed by atoms with Crippen molar-refractivity contribution in [2.24, 2.45) is 0 Å². The number of ketones is 1. The van der Waals surface area contributed by atoms with E-state index in [2.05, 4.69) is 49.6 Å². The van der Waals surface area contributed by atoms with Crippen LogP contribution in [0.5, 0.6) is 0 Å². The molecule has 1 nitrogen and oxygen atoms in total. The van der Waals surface area contributed by atoms with E-state index in [1.807, 2.05) is 24.3 Å². The number of carbonyl (C=O) groups excluding carboxylic acids is 1. The summed E-state index contributed by atoms with van der Waals surface area (Å²) in [4.78, 5) is 12.5. The highest BCUT2D eigenvalue weighted by atomic mass is 16.1. The van der Waals surface area contributed by atoms with Crippen LogP contribution in [-0.4, -0.2) is 5.78 Å². The van der Waals surface area contributed by atoms with Crippen LogP contribution in [0, 0.1) is 0 Å². The summed E-state index contributed by atoms with van der Waals surface area (Å²) in [7, 11) is 0. The molecule has 0 bridgehead atoms. The third-order valence-corrected chi connectivity index (χ3v) is 4.41. The van der Waals surface area contributed by atoms with Gasteiger partial charge < -0.3 is 0 Å². The topological polar surface area (TPSA) is 17.1 Å². The molecule has 0 atom stereocenters. The van der Waals surface area contributed by atoms with Gasteiger partial charge in [0.05, 0.1) is 0 Å². The first-order valence-electron chi connectivity index (χ1n) is 9.14. The highest BCUT2D eigenvalue weighted by molar-refractivity contribution is 5.97. The van der Waals surface area contributed by atoms with Gasteiger partial charge in [-0.3, -0.25) is 4.79 Å². The van der Waals surface area contributed by atoms with Crippen LogP contribution < -0.4 is 0 Å². The van der Waals surface area contributed by atoms with Crippen molar-refractivity contribution < 1.29 is 4.79 Å². The van der Waals surface area contributed by atoms with E-state index in [4.69, 9.17) is 0 Å². The van der Waals surface area contributed by atoms with Crippen LogP contribution in [-0.2, 0) is 19.3 Å². The Hall–Kier alpha value is -2.41. The second-order valence-electron chi connectivity index (χ2n) is 6.48. The Balaban J connectivity index is 1.88.